The van der Waals surface area contributed by atoms with Crippen LogP contribution in [0.2, 0.25) is 0 Å². The Morgan fingerprint density at radius 3 is 3.06 bits per heavy atom. The van der Waals surface area contributed by atoms with Crippen LogP contribution < -0.4 is 10.1 Å². The average molecular weight is 225 g/mol. The molecule has 0 bridgehead atoms. The van der Waals surface area contributed by atoms with Gasteiger partial charge in [-0.05, 0) is 24.6 Å². The van der Waals surface area contributed by atoms with Crippen molar-refractivity contribution >= 4 is 0 Å². The fourth-order valence-corrected chi connectivity index (χ4v) is 1.77. The fourth-order valence-electron chi connectivity index (χ4n) is 1.77. The molecule has 0 spiro atoms. The highest BCUT2D eigenvalue weighted by Gasteiger charge is 2.17. The van der Waals surface area contributed by atoms with Gasteiger partial charge in [0.1, 0.15) is 0 Å². The second kappa shape index (κ2) is 5.27. The molecule has 3 nitrogen and oxygen atoms in total. The summed E-state index contributed by atoms with van der Waals surface area (Å²) in [6.45, 7) is 4.56. The summed E-state index contributed by atoms with van der Waals surface area (Å²) in [5.74, 6) is -0.0245. The van der Waals surface area contributed by atoms with Gasteiger partial charge < -0.3 is 14.8 Å². The molecule has 1 atom stereocenters. The maximum Gasteiger partial charge on any atom is 0.165 e. The monoisotopic (exact) mass is 225 g/mol. The van der Waals surface area contributed by atoms with Crippen molar-refractivity contribution in [3.05, 3.63) is 29.6 Å². The molecular formula is C12H16FNO2. The molecule has 1 fully saturated rings. The lowest BCUT2D eigenvalue weighted by Gasteiger charge is -2.24. The van der Waals surface area contributed by atoms with Crippen molar-refractivity contribution in [3.8, 4) is 5.75 Å². The van der Waals surface area contributed by atoms with E-state index in [1.54, 1.807) is 6.07 Å². The van der Waals surface area contributed by atoms with E-state index in [4.69, 9.17) is 9.47 Å². The van der Waals surface area contributed by atoms with Crippen molar-refractivity contribution in [1.82, 2.24) is 5.32 Å². The van der Waals surface area contributed by atoms with Crippen LogP contribution in [0.15, 0.2) is 18.2 Å². The molecule has 0 aromatic heterocycles. The van der Waals surface area contributed by atoms with E-state index in [-0.39, 0.29) is 11.9 Å². The van der Waals surface area contributed by atoms with E-state index in [9.17, 15) is 4.39 Å². The van der Waals surface area contributed by atoms with Crippen LogP contribution >= 0.6 is 0 Å². The minimum atomic E-state index is -0.325. The zero-order chi connectivity index (χ0) is 11.4. The molecule has 1 aliphatic heterocycles. The Morgan fingerprint density at radius 2 is 2.44 bits per heavy atom. The van der Waals surface area contributed by atoms with Gasteiger partial charge in [-0.2, -0.15) is 0 Å². The second-order valence-corrected chi connectivity index (χ2v) is 3.69. The van der Waals surface area contributed by atoms with Crippen LogP contribution in [0.5, 0.6) is 5.75 Å². The van der Waals surface area contributed by atoms with Gasteiger partial charge in [-0.1, -0.05) is 6.07 Å². The summed E-state index contributed by atoms with van der Waals surface area (Å²) in [5.41, 5.74) is 0.855. The first-order valence-corrected chi connectivity index (χ1v) is 5.56. The number of benzene rings is 1. The molecule has 16 heavy (non-hydrogen) atoms. The van der Waals surface area contributed by atoms with Crippen molar-refractivity contribution < 1.29 is 13.9 Å². The summed E-state index contributed by atoms with van der Waals surface area (Å²) in [6.07, 6.45) is -0.0565. The predicted octanol–water partition coefficient (Wildman–Crippen LogP) is 1.89. The highest BCUT2D eigenvalue weighted by Crippen LogP contribution is 2.24. The van der Waals surface area contributed by atoms with Gasteiger partial charge in [0.25, 0.3) is 0 Å². The lowest BCUT2D eigenvalue weighted by atomic mass is 10.1. The van der Waals surface area contributed by atoms with E-state index in [1.807, 2.05) is 13.0 Å². The summed E-state index contributed by atoms with van der Waals surface area (Å²) in [6, 6.07) is 5.00. The first kappa shape index (κ1) is 11.4. The van der Waals surface area contributed by atoms with E-state index in [2.05, 4.69) is 5.32 Å². The molecule has 1 heterocycles. The summed E-state index contributed by atoms with van der Waals surface area (Å²) in [7, 11) is 0. The standard InChI is InChI=1S/C12H16FNO2/c1-2-15-11-4-3-9(7-10(11)13)12-8-14-5-6-16-12/h3-4,7,12,14H,2,5-6,8H2,1H3. The van der Waals surface area contributed by atoms with Crippen LogP contribution in [-0.4, -0.2) is 26.3 Å². The van der Waals surface area contributed by atoms with Gasteiger partial charge in [-0.25, -0.2) is 4.39 Å². The van der Waals surface area contributed by atoms with E-state index >= 15 is 0 Å². The number of halogens is 1. The molecule has 1 aromatic carbocycles. The lowest BCUT2D eigenvalue weighted by molar-refractivity contribution is 0.0275. The molecule has 1 aliphatic rings. The maximum atomic E-state index is 13.6. The fraction of sp³-hybridized carbons (Fsp3) is 0.500. The third-order valence-electron chi connectivity index (χ3n) is 2.56. The Morgan fingerprint density at radius 1 is 1.56 bits per heavy atom. The van der Waals surface area contributed by atoms with Crippen molar-refractivity contribution in [2.45, 2.75) is 13.0 Å². The zero-order valence-corrected chi connectivity index (χ0v) is 9.33. The first-order valence-electron chi connectivity index (χ1n) is 5.56. The molecule has 0 amide bonds. The molecule has 1 aromatic rings. The minimum absolute atomic E-state index is 0.0565. The van der Waals surface area contributed by atoms with Crippen LogP contribution in [0.4, 0.5) is 4.39 Å². The molecular weight excluding hydrogens is 209 g/mol. The molecule has 1 N–H and O–H groups in total. The van der Waals surface area contributed by atoms with Gasteiger partial charge in [0, 0.05) is 13.1 Å². The van der Waals surface area contributed by atoms with Crippen molar-refractivity contribution in [3.63, 3.8) is 0 Å². The van der Waals surface area contributed by atoms with Gasteiger partial charge in [0.05, 0.1) is 19.3 Å². The third-order valence-corrected chi connectivity index (χ3v) is 2.56. The normalized spacial score (nSPS) is 20.8. The Kier molecular flexibility index (Phi) is 3.74. The quantitative estimate of drug-likeness (QED) is 0.852. The third kappa shape index (κ3) is 2.51. The van der Waals surface area contributed by atoms with Crippen LogP contribution in [0.1, 0.15) is 18.6 Å². The second-order valence-electron chi connectivity index (χ2n) is 3.69. The molecule has 4 heteroatoms. The molecule has 0 aliphatic carbocycles. The Bertz CT molecular complexity index is 351. The van der Waals surface area contributed by atoms with Gasteiger partial charge in [0.2, 0.25) is 0 Å². The molecule has 1 unspecified atom stereocenters. The maximum absolute atomic E-state index is 13.6. The molecule has 2 rings (SSSR count). The smallest absolute Gasteiger partial charge is 0.165 e. The summed E-state index contributed by atoms with van der Waals surface area (Å²) < 4.78 is 24.3. The first-order chi connectivity index (χ1) is 7.81. The van der Waals surface area contributed by atoms with Gasteiger partial charge in [0.15, 0.2) is 11.6 Å². The average Bonchev–Trinajstić information content (AvgIpc) is 2.33. The van der Waals surface area contributed by atoms with Crippen molar-refractivity contribution in [1.29, 1.82) is 0 Å². The summed E-state index contributed by atoms with van der Waals surface area (Å²) in [5, 5.41) is 3.21. The van der Waals surface area contributed by atoms with Gasteiger partial charge in [-0.3, -0.25) is 0 Å². The number of hydrogen-bond acceptors (Lipinski definition) is 3. The molecule has 88 valence electrons. The lowest BCUT2D eigenvalue weighted by Crippen LogP contribution is -2.33. The molecule has 0 saturated carbocycles. The number of nitrogens with one attached hydrogen (secondary N) is 1. The zero-order valence-electron chi connectivity index (χ0n) is 9.33. The van der Waals surface area contributed by atoms with E-state index in [0.29, 0.717) is 19.0 Å². The van der Waals surface area contributed by atoms with Gasteiger partial charge >= 0.3 is 0 Å². The molecule has 0 radical (unpaired) electrons. The van der Waals surface area contributed by atoms with E-state index in [0.717, 1.165) is 18.7 Å². The van der Waals surface area contributed by atoms with Crippen LogP contribution in [0.3, 0.4) is 0 Å². The Hall–Kier alpha value is -1.13. The van der Waals surface area contributed by atoms with Crippen molar-refractivity contribution in [2.24, 2.45) is 0 Å². The van der Waals surface area contributed by atoms with E-state index in [1.165, 1.54) is 6.07 Å². The number of hydrogen-bond donors (Lipinski definition) is 1. The van der Waals surface area contributed by atoms with Crippen LogP contribution in [-0.2, 0) is 4.74 Å². The number of ether oxygens (including phenoxy) is 2. The van der Waals surface area contributed by atoms with Gasteiger partial charge in [-0.15, -0.1) is 0 Å². The SMILES string of the molecule is CCOc1ccc(C2CNCCO2)cc1F. The Balaban J connectivity index is 2.13. The summed E-state index contributed by atoms with van der Waals surface area (Å²) in [4.78, 5) is 0. The minimum Gasteiger partial charge on any atom is -0.491 e. The summed E-state index contributed by atoms with van der Waals surface area (Å²) >= 11 is 0. The highest BCUT2D eigenvalue weighted by atomic mass is 19.1. The van der Waals surface area contributed by atoms with Crippen molar-refractivity contribution in [2.75, 3.05) is 26.3 Å². The highest BCUT2D eigenvalue weighted by molar-refractivity contribution is 5.30. The van der Waals surface area contributed by atoms with Crippen LogP contribution in [0.25, 0.3) is 0 Å². The van der Waals surface area contributed by atoms with Crippen LogP contribution in [0, 0.1) is 5.82 Å². The largest absolute Gasteiger partial charge is 0.491 e. The van der Waals surface area contributed by atoms with E-state index < -0.39 is 0 Å². The number of rotatable bonds is 3. The molecule has 1 saturated heterocycles. The number of morpholine rings is 1. The Labute approximate surface area is 94.6 Å². The topological polar surface area (TPSA) is 30.5 Å². The predicted molar refractivity (Wildman–Crippen MR) is 59.1 cm³/mol.